The van der Waals surface area contributed by atoms with Crippen LogP contribution in [-0.2, 0) is 16.2 Å². The predicted octanol–water partition coefficient (Wildman–Crippen LogP) is 2.75. The Morgan fingerprint density at radius 1 is 1.16 bits per heavy atom. The van der Waals surface area contributed by atoms with E-state index in [1.54, 1.807) is 13.8 Å². The van der Waals surface area contributed by atoms with Crippen LogP contribution in [0, 0.1) is 0 Å². The highest BCUT2D eigenvalue weighted by molar-refractivity contribution is 7.88. The first-order chi connectivity index (χ1) is 8.52. The molecular formula is C12H16F3NO2S. The van der Waals surface area contributed by atoms with Crippen LogP contribution in [-0.4, -0.2) is 20.7 Å². The van der Waals surface area contributed by atoms with Gasteiger partial charge in [-0.25, -0.2) is 13.1 Å². The number of hydrogen-bond acceptors (Lipinski definition) is 2. The zero-order valence-electron chi connectivity index (χ0n) is 10.8. The van der Waals surface area contributed by atoms with Gasteiger partial charge >= 0.3 is 6.18 Å². The quantitative estimate of drug-likeness (QED) is 0.928. The van der Waals surface area contributed by atoms with E-state index in [4.69, 9.17) is 0 Å². The molecule has 0 aliphatic carbocycles. The van der Waals surface area contributed by atoms with Gasteiger partial charge in [0, 0.05) is 6.04 Å². The van der Waals surface area contributed by atoms with Gasteiger partial charge in [0.25, 0.3) is 0 Å². The standard InChI is InChI=1S/C12H16F3NO2S/c1-8(9(2)16-19(3,17)18)10-6-4-5-7-11(10)12(13,14)15/h4-9,16H,1-3H3/t8-,9+/m1/s1. The van der Waals surface area contributed by atoms with Crippen LogP contribution in [0.5, 0.6) is 0 Å². The molecule has 0 saturated carbocycles. The SMILES string of the molecule is C[C@H](NS(C)(=O)=O)[C@@H](C)c1ccccc1C(F)(F)F. The van der Waals surface area contributed by atoms with Crippen LogP contribution in [0.2, 0.25) is 0 Å². The van der Waals surface area contributed by atoms with Crippen molar-refractivity contribution >= 4 is 10.0 Å². The fourth-order valence-electron chi connectivity index (χ4n) is 1.86. The van der Waals surface area contributed by atoms with E-state index in [0.29, 0.717) is 0 Å². The summed E-state index contributed by atoms with van der Waals surface area (Å²) in [6.45, 7) is 3.10. The fourth-order valence-corrected chi connectivity index (χ4v) is 2.74. The Hall–Kier alpha value is -1.08. The van der Waals surface area contributed by atoms with Gasteiger partial charge < -0.3 is 0 Å². The highest BCUT2D eigenvalue weighted by atomic mass is 32.2. The Morgan fingerprint density at radius 2 is 1.68 bits per heavy atom. The summed E-state index contributed by atoms with van der Waals surface area (Å²) in [6, 6.07) is 4.56. The van der Waals surface area contributed by atoms with Crippen molar-refractivity contribution in [2.75, 3.05) is 6.26 Å². The zero-order chi connectivity index (χ0) is 14.8. The molecule has 1 rings (SSSR count). The molecule has 0 aliphatic heterocycles. The van der Waals surface area contributed by atoms with E-state index in [9.17, 15) is 21.6 Å². The van der Waals surface area contributed by atoms with Gasteiger partial charge in [-0.2, -0.15) is 13.2 Å². The maximum atomic E-state index is 12.9. The Kier molecular flexibility index (Phi) is 4.63. The lowest BCUT2D eigenvalue weighted by Gasteiger charge is -2.23. The van der Waals surface area contributed by atoms with Gasteiger partial charge in [-0.15, -0.1) is 0 Å². The molecule has 0 radical (unpaired) electrons. The monoisotopic (exact) mass is 295 g/mol. The van der Waals surface area contributed by atoms with Crippen molar-refractivity contribution in [3.8, 4) is 0 Å². The highest BCUT2D eigenvalue weighted by Gasteiger charge is 2.35. The van der Waals surface area contributed by atoms with Crippen molar-refractivity contribution in [1.29, 1.82) is 0 Å². The molecule has 0 spiro atoms. The summed E-state index contributed by atoms with van der Waals surface area (Å²) < 4.78 is 63.2. The molecule has 0 aliphatic rings. The summed E-state index contributed by atoms with van der Waals surface area (Å²) in [5, 5.41) is 0. The first-order valence-corrected chi connectivity index (χ1v) is 7.55. The molecule has 1 N–H and O–H groups in total. The molecule has 3 nitrogen and oxygen atoms in total. The molecule has 2 atom stereocenters. The molecule has 19 heavy (non-hydrogen) atoms. The van der Waals surface area contributed by atoms with Crippen LogP contribution >= 0.6 is 0 Å². The van der Waals surface area contributed by atoms with Crippen molar-refractivity contribution in [3.63, 3.8) is 0 Å². The van der Waals surface area contributed by atoms with Crippen molar-refractivity contribution < 1.29 is 21.6 Å². The Bertz CT molecular complexity index is 540. The molecule has 1 aromatic carbocycles. The van der Waals surface area contributed by atoms with E-state index < -0.39 is 33.7 Å². The molecule has 7 heteroatoms. The minimum Gasteiger partial charge on any atom is -0.213 e. The lowest BCUT2D eigenvalue weighted by Crippen LogP contribution is -2.35. The summed E-state index contributed by atoms with van der Waals surface area (Å²) in [6.07, 6.45) is -3.47. The van der Waals surface area contributed by atoms with Gasteiger partial charge in [0.2, 0.25) is 10.0 Å². The van der Waals surface area contributed by atoms with E-state index in [-0.39, 0.29) is 5.56 Å². The van der Waals surface area contributed by atoms with Gasteiger partial charge in [-0.1, -0.05) is 25.1 Å². The van der Waals surface area contributed by atoms with Crippen LogP contribution < -0.4 is 4.72 Å². The topological polar surface area (TPSA) is 46.2 Å². The third kappa shape index (κ3) is 4.50. The summed E-state index contributed by atoms with van der Waals surface area (Å²) >= 11 is 0. The number of benzene rings is 1. The number of rotatable bonds is 4. The van der Waals surface area contributed by atoms with E-state index in [1.807, 2.05) is 0 Å². The second-order valence-electron chi connectivity index (χ2n) is 4.55. The molecular weight excluding hydrogens is 279 g/mol. The fraction of sp³-hybridized carbons (Fsp3) is 0.500. The van der Waals surface area contributed by atoms with Crippen molar-refractivity contribution in [1.82, 2.24) is 4.72 Å². The average molecular weight is 295 g/mol. The number of halogens is 3. The molecule has 1 aromatic rings. The minimum atomic E-state index is -4.45. The largest absolute Gasteiger partial charge is 0.416 e. The van der Waals surface area contributed by atoms with Gasteiger partial charge in [0.05, 0.1) is 11.8 Å². The zero-order valence-corrected chi connectivity index (χ0v) is 11.6. The Labute approximate surface area is 110 Å². The number of hydrogen-bond donors (Lipinski definition) is 1. The van der Waals surface area contributed by atoms with Gasteiger partial charge in [-0.05, 0) is 24.5 Å². The van der Waals surface area contributed by atoms with Gasteiger partial charge in [-0.3, -0.25) is 0 Å². The Balaban J connectivity index is 3.10. The second kappa shape index (κ2) is 5.50. The maximum Gasteiger partial charge on any atom is 0.416 e. The predicted molar refractivity (Wildman–Crippen MR) is 67.3 cm³/mol. The van der Waals surface area contributed by atoms with Crippen LogP contribution in [0.25, 0.3) is 0 Å². The molecule has 0 unspecified atom stereocenters. The van der Waals surface area contributed by atoms with Crippen molar-refractivity contribution in [2.45, 2.75) is 32.0 Å². The summed E-state index contributed by atoms with van der Waals surface area (Å²) in [5.41, 5.74) is -0.650. The molecule has 0 bridgehead atoms. The highest BCUT2D eigenvalue weighted by Crippen LogP contribution is 2.35. The smallest absolute Gasteiger partial charge is 0.213 e. The molecule has 0 fully saturated rings. The van der Waals surface area contributed by atoms with Crippen molar-refractivity contribution in [2.24, 2.45) is 0 Å². The van der Waals surface area contributed by atoms with E-state index >= 15 is 0 Å². The normalized spacial score (nSPS) is 16.1. The van der Waals surface area contributed by atoms with Crippen LogP contribution in [0.3, 0.4) is 0 Å². The van der Waals surface area contributed by atoms with Crippen molar-refractivity contribution in [3.05, 3.63) is 35.4 Å². The van der Waals surface area contributed by atoms with Crippen LogP contribution in [0.15, 0.2) is 24.3 Å². The van der Waals surface area contributed by atoms with E-state index in [2.05, 4.69) is 4.72 Å². The van der Waals surface area contributed by atoms with E-state index in [0.717, 1.165) is 12.3 Å². The third-order valence-electron chi connectivity index (χ3n) is 2.91. The van der Waals surface area contributed by atoms with Gasteiger partial charge in [0.15, 0.2) is 0 Å². The Morgan fingerprint density at radius 3 is 2.16 bits per heavy atom. The van der Waals surface area contributed by atoms with Crippen LogP contribution in [0.4, 0.5) is 13.2 Å². The van der Waals surface area contributed by atoms with Gasteiger partial charge in [0.1, 0.15) is 0 Å². The molecule has 108 valence electrons. The molecule has 0 aromatic heterocycles. The number of alkyl halides is 3. The first kappa shape index (κ1) is 16.0. The maximum absolute atomic E-state index is 12.9. The summed E-state index contributed by atoms with van der Waals surface area (Å²) in [4.78, 5) is 0. The lowest BCUT2D eigenvalue weighted by atomic mass is 9.91. The first-order valence-electron chi connectivity index (χ1n) is 5.66. The molecule has 0 saturated heterocycles. The number of nitrogens with one attached hydrogen (secondary N) is 1. The summed E-state index contributed by atoms with van der Waals surface area (Å²) in [5.74, 6) is -0.590. The minimum absolute atomic E-state index is 0.0821. The molecule has 0 heterocycles. The lowest BCUT2D eigenvalue weighted by molar-refractivity contribution is -0.138. The van der Waals surface area contributed by atoms with Crippen LogP contribution in [0.1, 0.15) is 30.9 Å². The third-order valence-corrected chi connectivity index (χ3v) is 3.71. The molecule has 0 amide bonds. The van der Waals surface area contributed by atoms with E-state index in [1.165, 1.54) is 18.2 Å². The average Bonchev–Trinajstić information content (AvgIpc) is 2.24. The number of sulfonamides is 1. The summed E-state index contributed by atoms with van der Waals surface area (Å²) in [7, 11) is -3.46. The second-order valence-corrected chi connectivity index (χ2v) is 6.33.